The summed E-state index contributed by atoms with van der Waals surface area (Å²) in [7, 11) is 1.58. The Hall–Kier alpha value is -1.36. The van der Waals surface area contributed by atoms with E-state index in [0.717, 1.165) is 25.0 Å². The van der Waals surface area contributed by atoms with Gasteiger partial charge >= 0.3 is 0 Å². The average Bonchev–Trinajstić information content (AvgIpc) is 2.70. The first-order chi connectivity index (χ1) is 13.7. The standard InChI is InChI=1S/C23H39NO3S/c1-4-6-7-8-9-11-17-28-18-12-10-16-24-23(26)20-14-15-21(27-3)19(13-5-2)22(20)25/h14-15,25H,4-13,16-18H2,1-3H3,(H,24,26). The van der Waals surface area contributed by atoms with Crippen LogP contribution in [0.25, 0.3) is 0 Å². The highest BCUT2D eigenvalue weighted by atomic mass is 32.2. The number of methoxy groups -OCH3 is 1. The normalized spacial score (nSPS) is 10.8. The summed E-state index contributed by atoms with van der Waals surface area (Å²) < 4.78 is 5.30. The van der Waals surface area contributed by atoms with Crippen LogP contribution in [0.5, 0.6) is 11.5 Å². The Morgan fingerprint density at radius 2 is 1.68 bits per heavy atom. The molecule has 28 heavy (non-hydrogen) atoms. The third-order valence-electron chi connectivity index (χ3n) is 4.85. The Kier molecular flexibility index (Phi) is 13.7. The van der Waals surface area contributed by atoms with Crippen LogP contribution in [0.1, 0.15) is 87.6 Å². The molecule has 1 rings (SSSR count). The van der Waals surface area contributed by atoms with E-state index in [0.29, 0.717) is 29.8 Å². The van der Waals surface area contributed by atoms with E-state index >= 15 is 0 Å². The summed E-state index contributed by atoms with van der Waals surface area (Å²) in [4.78, 5) is 12.4. The molecule has 0 fully saturated rings. The van der Waals surface area contributed by atoms with Gasteiger partial charge in [-0.05, 0) is 49.3 Å². The maximum absolute atomic E-state index is 12.4. The number of carbonyl (C=O) groups excluding carboxylic acids is 1. The van der Waals surface area contributed by atoms with E-state index in [9.17, 15) is 9.90 Å². The van der Waals surface area contributed by atoms with Gasteiger partial charge in [-0.25, -0.2) is 0 Å². The zero-order chi connectivity index (χ0) is 20.6. The highest BCUT2D eigenvalue weighted by molar-refractivity contribution is 7.99. The Balaban J connectivity index is 2.21. The van der Waals surface area contributed by atoms with Gasteiger partial charge in [0.2, 0.25) is 0 Å². The summed E-state index contributed by atoms with van der Waals surface area (Å²) in [6, 6.07) is 3.40. The fourth-order valence-electron chi connectivity index (χ4n) is 3.20. The number of rotatable bonds is 16. The van der Waals surface area contributed by atoms with Crippen molar-refractivity contribution >= 4 is 17.7 Å². The third-order valence-corrected chi connectivity index (χ3v) is 6.00. The number of thioether (sulfide) groups is 1. The van der Waals surface area contributed by atoms with Crippen molar-refractivity contribution in [2.24, 2.45) is 0 Å². The van der Waals surface area contributed by atoms with Crippen LogP contribution in [0.2, 0.25) is 0 Å². The van der Waals surface area contributed by atoms with Gasteiger partial charge in [0.15, 0.2) is 0 Å². The molecule has 1 aromatic carbocycles. The second kappa shape index (κ2) is 15.5. The van der Waals surface area contributed by atoms with Gasteiger partial charge in [-0.2, -0.15) is 11.8 Å². The van der Waals surface area contributed by atoms with Gasteiger partial charge in [-0.15, -0.1) is 0 Å². The molecule has 0 aliphatic carbocycles. The zero-order valence-corrected chi connectivity index (χ0v) is 18.8. The molecule has 0 heterocycles. The number of unbranched alkanes of at least 4 members (excludes halogenated alkanes) is 6. The molecule has 0 unspecified atom stereocenters. The van der Waals surface area contributed by atoms with Crippen molar-refractivity contribution in [1.29, 1.82) is 0 Å². The topological polar surface area (TPSA) is 58.6 Å². The molecule has 0 bridgehead atoms. The highest BCUT2D eigenvalue weighted by Gasteiger charge is 2.17. The molecule has 0 aliphatic rings. The van der Waals surface area contributed by atoms with Gasteiger partial charge in [0, 0.05) is 12.1 Å². The Morgan fingerprint density at radius 1 is 1.00 bits per heavy atom. The molecule has 0 atom stereocenters. The number of benzene rings is 1. The molecule has 0 radical (unpaired) electrons. The van der Waals surface area contributed by atoms with E-state index in [4.69, 9.17) is 4.74 Å². The summed E-state index contributed by atoms with van der Waals surface area (Å²) in [5.74, 6) is 2.88. The zero-order valence-electron chi connectivity index (χ0n) is 18.0. The first kappa shape index (κ1) is 24.7. The fraction of sp³-hybridized carbons (Fsp3) is 0.696. The second-order valence-corrected chi connectivity index (χ2v) is 8.46. The number of amides is 1. The van der Waals surface area contributed by atoms with Gasteiger partial charge < -0.3 is 15.2 Å². The fourth-order valence-corrected chi connectivity index (χ4v) is 4.22. The molecule has 0 spiro atoms. The van der Waals surface area contributed by atoms with E-state index in [1.807, 2.05) is 18.7 Å². The summed E-state index contributed by atoms with van der Waals surface area (Å²) in [5, 5.41) is 13.4. The van der Waals surface area contributed by atoms with Crippen LogP contribution in [0, 0.1) is 0 Å². The molecule has 0 saturated carbocycles. The maximum Gasteiger partial charge on any atom is 0.255 e. The van der Waals surface area contributed by atoms with Gasteiger partial charge in [0.25, 0.3) is 5.91 Å². The van der Waals surface area contributed by atoms with Crippen LogP contribution >= 0.6 is 11.8 Å². The van der Waals surface area contributed by atoms with E-state index in [-0.39, 0.29) is 11.7 Å². The lowest BCUT2D eigenvalue weighted by Gasteiger charge is -2.13. The largest absolute Gasteiger partial charge is 0.507 e. The number of hydrogen-bond acceptors (Lipinski definition) is 4. The number of phenols is 1. The van der Waals surface area contributed by atoms with E-state index < -0.39 is 0 Å². The van der Waals surface area contributed by atoms with Gasteiger partial charge in [-0.3, -0.25) is 4.79 Å². The minimum absolute atomic E-state index is 0.0493. The molecule has 160 valence electrons. The highest BCUT2D eigenvalue weighted by Crippen LogP contribution is 2.32. The molecular formula is C23H39NO3S. The van der Waals surface area contributed by atoms with Crippen LogP contribution in [0.15, 0.2) is 12.1 Å². The number of phenolic OH excluding ortho intramolecular Hbond substituents is 1. The van der Waals surface area contributed by atoms with E-state index in [2.05, 4.69) is 12.2 Å². The Morgan fingerprint density at radius 3 is 2.36 bits per heavy atom. The minimum atomic E-state index is -0.211. The van der Waals surface area contributed by atoms with Crippen LogP contribution < -0.4 is 10.1 Å². The first-order valence-electron chi connectivity index (χ1n) is 10.9. The van der Waals surface area contributed by atoms with Crippen molar-refractivity contribution in [2.45, 2.75) is 78.1 Å². The Labute approximate surface area is 175 Å². The molecular weight excluding hydrogens is 370 g/mol. The minimum Gasteiger partial charge on any atom is -0.507 e. The molecule has 1 aromatic rings. The van der Waals surface area contributed by atoms with Crippen LogP contribution in [0.3, 0.4) is 0 Å². The van der Waals surface area contributed by atoms with Gasteiger partial charge in [0.05, 0.1) is 12.7 Å². The summed E-state index contributed by atoms with van der Waals surface area (Å²) in [6.45, 7) is 4.93. The molecule has 0 aliphatic heterocycles. The van der Waals surface area contributed by atoms with Crippen molar-refractivity contribution in [3.05, 3.63) is 23.3 Å². The predicted octanol–water partition coefficient (Wildman–Crippen LogP) is 5.96. The number of aromatic hydroxyl groups is 1. The predicted molar refractivity (Wildman–Crippen MR) is 121 cm³/mol. The lowest BCUT2D eigenvalue weighted by Crippen LogP contribution is -2.24. The van der Waals surface area contributed by atoms with Crippen molar-refractivity contribution in [3.63, 3.8) is 0 Å². The van der Waals surface area contributed by atoms with Crippen molar-refractivity contribution in [1.82, 2.24) is 5.32 Å². The van der Waals surface area contributed by atoms with Crippen molar-refractivity contribution in [2.75, 3.05) is 25.2 Å². The Bertz CT molecular complexity index is 563. The maximum atomic E-state index is 12.4. The number of hydrogen-bond donors (Lipinski definition) is 2. The third kappa shape index (κ3) is 9.22. The van der Waals surface area contributed by atoms with Gasteiger partial charge in [0.1, 0.15) is 11.5 Å². The quantitative estimate of drug-likeness (QED) is 0.331. The number of nitrogens with one attached hydrogen (secondary N) is 1. The van der Waals surface area contributed by atoms with Crippen molar-refractivity contribution < 1.29 is 14.6 Å². The summed E-state index contributed by atoms with van der Waals surface area (Å²) in [6.07, 6.45) is 11.7. The van der Waals surface area contributed by atoms with Gasteiger partial charge in [-0.1, -0.05) is 52.4 Å². The average molecular weight is 410 g/mol. The molecule has 5 heteroatoms. The van der Waals surface area contributed by atoms with E-state index in [1.54, 1.807) is 19.2 Å². The first-order valence-corrected chi connectivity index (χ1v) is 12.1. The molecule has 0 saturated heterocycles. The van der Waals surface area contributed by atoms with Crippen LogP contribution in [0.4, 0.5) is 0 Å². The lowest BCUT2D eigenvalue weighted by molar-refractivity contribution is 0.0950. The smallest absolute Gasteiger partial charge is 0.255 e. The summed E-state index contributed by atoms with van der Waals surface area (Å²) in [5.41, 5.74) is 1.05. The molecule has 2 N–H and O–H groups in total. The van der Waals surface area contributed by atoms with Crippen molar-refractivity contribution in [3.8, 4) is 11.5 Å². The van der Waals surface area contributed by atoms with Crippen LogP contribution in [-0.4, -0.2) is 36.2 Å². The second-order valence-electron chi connectivity index (χ2n) is 7.24. The van der Waals surface area contributed by atoms with E-state index in [1.165, 1.54) is 44.3 Å². The number of carbonyl (C=O) groups is 1. The molecule has 1 amide bonds. The van der Waals surface area contributed by atoms with Crippen LogP contribution in [-0.2, 0) is 6.42 Å². The summed E-state index contributed by atoms with van der Waals surface area (Å²) >= 11 is 2.02. The lowest BCUT2D eigenvalue weighted by atomic mass is 10.0. The molecule has 4 nitrogen and oxygen atoms in total. The monoisotopic (exact) mass is 409 g/mol. The molecule has 0 aromatic heterocycles. The SMILES string of the molecule is CCCCCCCCSCCCCNC(=O)c1ccc(OC)c(CCC)c1O. The number of ether oxygens (including phenoxy) is 1.